The molecule has 1 N–H and O–H groups in total. The molecule has 1 fully saturated rings. The molecule has 1 saturated carbocycles. The molecule has 1 atom stereocenters. The molecule has 0 aromatic heterocycles. The van der Waals surface area contributed by atoms with Crippen LogP contribution in [0.1, 0.15) is 56.1 Å². The summed E-state index contributed by atoms with van der Waals surface area (Å²) in [6.07, 6.45) is 7.46. The van der Waals surface area contributed by atoms with Gasteiger partial charge in [-0.1, -0.05) is 66.7 Å². The molecule has 0 saturated heterocycles. The maximum Gasteiger partial charge on any atom is 0.308 e. The molecule has 2 aliphatic carbocycles. The van der Waals surface area contributed by atoms with Crippen LogP contribution in [-0.4, -0.2) is 31.3 Å². The lowest BCUT2D eigenvalue weighted by Crippen LogP contribution is -2.34. The van der Waals surface area contributed by atoms with Gasteiger partial charge in [-0.2, -0.15) is 0 Å². The number of methoxy groups -OCH3 is 2. The number of esters is 2. The Kier molecular flexibility index (Phi) is 8.84. The van der Waals surface area contributed by atoms with Gasteiger partial charge in [0.1, 0.15) is 0 Å². The second-order valence-corrected chi connectivity index (χ2v) is 8.78. The normalized spacial score (nSPS) is 24.5. The molecule has 1 unspecified atom stereocenters. The fourth-order valence-electron chi connectivity index (χ4n) is 4.66. The molecule has 5 heteroatoms. The zero-order chi connectivity index (χ0) is 23.7. The number of benzene rings is 2. The van der Waals surface area contributed by atoms with Crippen molar-refractivity contribution in [2.75, 3.05) is 14.2 Å². The minimum Gasteiger partial charge on any atom is -0.469 e. The Balaban J connectivity index is 0.000000186. The number of aliphatic hydroxyl groups is 1. The predicted molar refractivity (Wildman–Crippen MR) is 128 cm³/mol. The Morgan fingerprint density at radius 2 is 1.36 bits per heavy atom. The summed E-state index contributed by atoms with van der Waals surface area (Å²) in [5, 5.41) is 10.6. The van der Waals surface area contributed by atoms with Crippen LogP contribution in [0.2, 0.25) is 0 Å². The number of carbonyl (C=O) groups excluding carboxylic acids is 2. The molecule has 0 heterocycles. The third-order valence-corrected chi connectivity index (χ3v) is 6.75. The second kappa shape index (κ2) is 11.8. The van der Waals surface area contributed by atoms with E-state index in [1.54, 1.807) is 0 Å². The second-order valence-electron chi connectivity index (χ2n) is 8.78. The van der Waals surface area contributed by atoms with E-state index in [1.807, 2.05) is 48.5 Å². The zero-order valence-corrected chi connectivity index (χ0v) is 19.5. The SMILES string of the molecule is COC(=O)C1CC=C(c2ccccc2)CC1.COC(=O)C1CCC(O)(c2ccccc2)CC1. The van der Waals surface area contributed by atoms with Gasteiger partial charge in [-0.25, -0.2) is 0 Å². The highest BCUT2D eigenvalue weighted by Crippen LogP contribution is 2.39. The Morgan fingerprint density at radius 3 is 1.88 bits per heavy atom. The van der Waals surface area contributed by atoms with E-state index >= 15 is 0 Å². The standard InChI is InChI=1S/C14H18O3.C14H16O2/c1-17-13(15)11-7-9-14(16,10-8-11)12-5-3-2-4-6-12;1-16-14(15)13-9-7-12(8-10-13)11-5-3-2-4-6-11/h2-6,11,16H,7-10H2,1H3;2-7,13H,8-10H2,1H3. The number of rotatable bonds is 4. The first kappa shape index (κ1) is 24.7. The van der Waals surface area contributed by atoms with Gasteiger partial charge in [0, 0.05) is 0 Å². The largest absolute Gasteiger partial charge is 0.469 e. The Bertz CT molecular complexity index is 927. The fraction of sp³-hybridized carbons (Fsp3) is 0.429. The lowest BCUT2D eigenvalue weighted by molar-refractivity contribution is -0.149. The van der Waals surface area contributed by atoms with Gasteiger partial charge in [0.2, 0.25) is 0 Å². The van der Waals surface area contributed by atoms with E-state index in [0.717, 1.165) is 24.8 Å². The Morgan fingerprint density at radius 1 is 0.818 bits per heavy atom. The Labute approximate surface area is 196 Å². The van der Waals surface area contributed by atoms with Crippen LogP contribution in [-0.2, 0) is 24.7 Å². The highest BCUT2D eigenvalue weighted by Gasteiger charge is 2.37. The fourth-order valence-corrected chi connectivity index (χ4v) is 4.66. The van der Waals surface area contributed by atoms with Crippen molar-refractivity contribution in [1.82, 2.24) is 0 Å². The number of allylic oxidation sites excluding steroid dienone is 2. The highest BCUT2D eigenvalue weighted by atomic mass is 16.5. The number of ether oxygens (including phenoxy) is 2. The molecular weight excluding hydrogens is 416 g/mol. The maximum atomic E-state index is 11.4. The topological polar surface area (TPSA) is 72.8 Å². The molecule has 2 aromatic rings. The van der Waals surface area contributed by atoms with Crippen LogP contribution >= 0.6 is 0 Å². The van der Waals surface area contributed by atoms with Crippen LogP contribution in [0.5, 0.6) is 0 Å². The van der Waals surface area contributed by atoms with E-state index in [1.165, 1.54) is 25.4 Å². The molecule has 33 heavy (non-hydrogen) atoms. The van der Waals surface area contributed by atoms with E-state index in [9.17, 15) is 14.7 Å². The predicted octanol–water partition coefficient (Wildman–Crippen LogP) is 5.28. The van der Waals surface area contributed by atoms with Gasteiger partial charge in [-0.15, -0.1) is 0 Å². The van der Waals surface area contributed by atoms with Crippen LogP contribution in [0, 0.1) is 11.8 Å². The molecule has 2 aromatic carbocycles. The summed E-state index contributed by atoms with van der Waals surface area (Å²) in [5.74, 6) is -0.232. The molecule has 0 amide bonds. The first-order chi connectivity index (χ1) is 16.0. The molecule has 176 valence electrons. The van der Waals surface area contributed by atoms with Crippen LogP contribution in [0.3, 0.4) is 0 Å². The molecular formula is C28H34O5. The van der Waals surface area contributed by atoms with Crippen molar-refractivity contribution in [3.05, 3.63) is 77.9 Å². The summed E-state index contributed by atoms with van der Waals surface area (Å²) in [6.45, 7) is 0. The maximum absolute atomic E-state index is 11.4. The highest BCUT2D eigenvalue weighted by molar-refractivity contribution is 5.75. The first-order valence-electron chi connectivity index (χ1n) is 11.6. The van der Waals surface area contributed by atoms with Crippen LogP contribution < -0.4 is 0 Å². The third-order valence-electron chi connectivity index (χ3n) is 6.75. The van der Waals surface area contributed by atoms with Gasteiger partial charge in [0.25, 0.3) is 0 Å². The molecule has 0 radical (unpaired) electrons. The molecule has 0 aliphatic heterocycles. The number of hydrogen-bond donors (Lipinski definition) is 1. The average molecular weight is 451 g/mol. The average Bonchev–Trinajstić information content (AvgIpc) is 2.89. The van der Waals surface area contributed by atoms with Crippen LogP contribution in [0.4, 0.5) is 0 Å². The van der Waals surface area contributed by atoms with Crippen molar-refractivity contribution in [3.63, 3.8) is 0 Å². The van der Waals surface area contributed by atoms with Crippen LogP contribution in [0.25, 0.3) is 5.57 Å². The van der Waals surface area contributed by atoms with Crippen molar-refractivity contribution < 1.29 is 24.2 Å². The van der Waals surface area contributed by atoms with E-state index in [4.69, 9.17) is 9.47 Å². The molecule has 0 spiro atoms. The Hall–Kier alpha value is -2.92. The van der Waals surface area contributed by atoms with E-state index in [-0.39, 0.29) is 23.8 Å². The smallest absolute Gasteiger partial charge is 0.308 e. The number of carbonyl (C=O) groups is 2. The van der Waals surface area contributed by atoms with E-state index in [0.29, 0.717) is 25.7 Å². The van der Waals surface area contributed by atoms with E-state index < -0.39 is 5.60 Å². The summed E-state index contributed by atoms with van der Waals surface area (Å²) < 4.78 is 9.51. The van der Waals surface area contributed by atoms with Crippen molar-refractivity contribution >= 4 is 17.5 Å². The van der Waals surface area contributed by atoms with Crippen molar-refractivity contribution in [2.24, 2.45) is 11.8 Å². The van der Waals surface area contributed by atoms with Crippen molar-refractivity contribution in [1.29, 1.82) is 0 Å². The van der Waals surface area contributed by atoms with Gasteiger partial charge in [-0.3, -0.25) is 9.59 Å². The molecule has 5 nitrogen and oxygen atoms in total. The first-order valence-corrected chi connectivity index (χ1v) is 11.6. The van der Waals surface area contributed by atoms with E-state index in [2.05, 4.69) is 18.2 Å². The quantitative estimate of drug-likeness (QED) is 0.642. The van der Waals surface area contributed by atoms with Crippen molar-refractivity contribution in [2.45, 2.75) is 50.5 Å². The lowest BCUT2D eigenvalue weighted by Gasteiger charge is -2.35. The number of hydrogen-bond acceptors (Lipinski definition) is 5. The van der Waals surface area contributed by atoms with Gasteiger partial charge in [-0.05, 0) is 61.6 Å². The van der Waals surface area contributed by atoms with Gasteiger partial charge < -0.3 is 14.6 Å². The third kappa shape index (κ3) is 6.55. The summed E-state index contributed by atoms with van der Waals surface area (Å²) in [5.41, 5.74) is 2.79. The van der Waals surface area contributed by atoms with Gasteiger partial charge in [0.05, 0.1) is 31.7 Å². The molecule has 4 rings (SSSR count). The molecule has 2 aliphatic rings. The summed E-state index contributed by atoms with van der Waals surface area (Å²) in [6, 6.07) is 20.0. The summed E-state index contributed by atoms with van der Waals surface area (Å²) in [4.78, 5) is 22.8. The minimum absolute atomic E-state index is 0.0519. The van der Waals surface area contributed by atoms with Crippen molar-refractivity contribution in [3.8, 4) is 0 Å². The van der Waals surface area contributed by atoms with Gasteiger partial charge >= 0.3 is 11.9 Å². The van der Waals surface area contributed by atoms with Crippen LogP contribution in [0.15, 0.2) is 66.7 Å². The monoisotopic (exact) mass is 450 g/mol. The minimum atomic E-state index is -0.772. The summed E-state index contributed by atoms with van der Waals surface area (Å²) in [7, 11) is 2.87. The van der Waals surface area contributed by atoms with Gasteiger partial charge in [0.15, 0.2) is 0 Å². The molecule has 0 bridgehead atoms. The zero-order valence-electron chi connectivity index (χ0n) is 19.5. The lowest BCUT2D eigenvalue weighted by atomic mass is 9.75. The summed E-state index contributed by atoms with van der Waals surface area (Å²) >= 11 is 0.